The predicted octanol–water partition coefficient (Wildman–Crippen LogP) is 14.5. The molecule has 28 heteroatoms. The van der Waals surface area contributed by atoms with Gasteiger partial charge in [-0.15, -0.1) is 10.2 Å². The smallest absolute Gasteiger partial charge is 0.296 e. The number of benzene rings is 8. The average Bonchev–Trinajstić information content (AvgIpc) is 2.66. The number of rotatable bonds is 22. The fraction of sp³-hybridized carbons (Fsp3) is 0.200. The van der Waals surface area contributed by atoms with E-state index in [1.807, 2.05) is 30.3 Å². The molecule has 0 saturated heterocycles. The number of fused-ring (bicyclic) bond motifs is 2. The molecule has 0 saturated carbocycles. The van der Waals surface area contributed by atoms with Gasteiger partial charge < -0.3 is 19.9 Å². The maximum atomic E-state index is 12.6. The summed E-state index contributed by atoms with van der Waals surface area (Å²) in [6.07, 6.45) is -0.206. The maximum Gasteiger partial charge on any atom is 0.296 e. The Morgan fingerprint density at radius 3 is 1.46 bits per heavy atom. The van der Waals surface area contributed by atoms with E-state index in [1.165, 1.54) is 36.4 Å². The van der Waals surface area contributed by atoms with Crippen LogP contribution in [0.5, 0.6) is 17.2 Å². The number of aromatic hydroxyl groups is 1. The molecule has 0 unspecified atom stereocenters. The van der Waals surface area contributed by atoms with Crippen molar-refractivity contribution in [1.82, 2.24) is 0 Å². The molecule has 8 rings (SSSR count). The average molecular weight is 1210 g/mol. The monoisotopic (exact) mass is 1210 g/mol. The van der Waals surface area contributed by atoms with E-state index >= 15 is 0 Å². The van der Waals surface area contributed by atoms with Crippen LogP contribution < -0.4 is 14.8 Å². The third-order valence-electron chi connectivity index (χ3n) is 12.5. The molecule has 0 spiro atoms. The molecule has 8 aromatic rings. The lowest BCUT2D eigenvalue weighted by atomic mass is 10.1. The van der Waals surface area contributed by atoms with Gasteiger partial charge in [0.05, 0.1) is 63.7 Å². The van der Waals surface area contributed by atoms with E-state index < -0.39 is 73.2 Å². The zero-order chi connectivity index (χ0) is 60.0. The fourth-order valence-corrected chi connectivity index (χ4v) is 10.4. The highest BCUT2D eigenvalue weighted by Crippen LogP contribution is 2.44. The molecule has 0 bridgehead atoms. The van der Waals surface area contributed by atoms with Crippen LogP contribution in [-0.4, -0.2) is 81.7 Å². The minimum Gasteiger partial charge on any atom is -0.505 e. The van der Waals surface area contributed by atoms with Gasteiger partial charge in [0.1, 0.15) is 27.8 Å². The zero-order valence-electron chi connectivity index (χ0n) is 44.8. The molecule has 0 amide bonds. The third-order valence-corrected chi connectivity index (χ3v) is 15.8. The number of hydrogen-bond acceptors (Lipinski definition) is 20. The molecule has 0 atom stereocenters. The van der Waals surface area contributed by atoms with Gasteiger partial charge in [0.25, 0.3) is 40.5 Å². The Bertz CT molecular complexity index is 4450. The molecule has 6 N–H and O–H groups in total. The second kappa shape index (κ2) is 24.9. The van der Waals surface area contributed by atoms with Crippen molar-refractivity contribution in [3.8, 4) is 17.2 Å². The molecule has 432 valence electrons. The quantitative estimate of drug-likeness (QED) is 0.0209. The summed E-state index contributed by atoms with van der Waals surface area (Å²) in [6.45, 7) is 8.45. The number of ether oxygens (including phenoxy) is 2. The van der Waals surface area contributed by atoms with Crippen LogP contribution in [0.2, 0.25) is 0 Å². The van der Waals surface area contributed by atoms with E-state index in [1.54, 1.807) is 83.1 Å². The number of phenols is 1. The highest BCUT2D eigenvalue weighted by Gasteiger charge is 2.23. The Labute approximate surface area is 477 Å². The first-order valence-electron chi connectivity index (χ1n) is 24.9. The Morgan fingerprint density at radius 1 is 0.434 bits per heavy atom. The summed E-state index contributed by atoms with van der Waals surface area (Å²) in [6, 6.07) is 32.3. The number of hydrogen-bond donors (Lipinski definition) is 6. The van der Waals surface area contributed by atoms with E-state index in [0.29, 0.717) is 78.1 Å². The van der Waals surface area contributed by atoms with Gasteiger partial charge in [-0.05, 0) is 171 Å². The van der Waals surface area contributed by atoms with Crippen molar-refractivity contribution in [2.45, 2.75) is 57.3 Å². The van der Waals surface area contributed by atoms with Crippen LogP contribution in [0.4, 0.5) is 56.9 Å². The van der Waals surface area contributed by atoms with Gasteiger partial charge in [-0.1, -0.05) is 24.3 Å². The topological polar surface area (TPSA) is 367 Å². The van der Waals surface area contributed by atoms with E-state index in [2.05, 4.69) is 46.2 Å². The number of nitrogens with one attached hydrogen (secondary N) is 1. The molecule has 0 aliphatic heterocycles. The van der Waals surface area contributed by atoms with E-state index in [0.717, 1.165) is 11.8 Å². The number of phenolic OH excluding ortho intramolecular Hbond substituents is 1. The highest BCUT2D eigenvalue weighted by atomic mass is 32.2. The van der Waals surface area contributed by atoms with Crippen molar-refractivity contribution in [2.24, 2.45) is 40.9 Å². The SMILES string of the molecule is Cc1cc(N=Nc2cc(C)c(N=Nc3cc(C)c(N=Nc4c(S(=O)(=O)O)cc5cc(Nc6ccccc6)ccc5c4O)cc3C)cc2C)c(OCCCS(=O)(=O)O)cc1N=Nc1ccc2cc(S(=O)(=O)O)cc(OCCCS(=O)(=O)O)c2c1. The Balaban J connectivity index is 1.02. The van der Waals surface area contributed by atoms with Gasteiger partial charge in [0.2, 0.25) is 0 Å². The summed E-state index contributed by atoms with van der Waals surface area (Å²) in [5.74, 6) is -1.56. The molecule has 0 fully saturated rings. The molecule has 0 heterocycles. The number of anilines is 2. The predicted molar refractivity (Wildman–Crippen MR) is 312 cm³/mol. The van der Waals surface area contributed by atoms with Crippen molar-refractivity contribution in [3.63, 3.8) is 0 Å². The van der Waals surface area contributed by atoms with Gasteiger partial charge in [-0.2, -0.15) is 64.4 Å². The van der Waals surface area contributed by atoms with E-state index in [4.69, 9.17) is 14.0 Å². The first kappa shape index (κ1) is 60.6. The second-order valence-corrected chi connectivity index (χ2v) is 25.0. The lowest BCUT2D eigenvalue weighted by molar-refractivity contribution is 0.317. The maximum absolute atomic E-state index is 12.6. The van der Waals surface area contributed by atoms with E-state index in [-0.39, 0.29) is 54.3 Å². The second-order valence-electron chi connectivity index (χ2n) is 19.0. The Hall–Kier alpha value is -8.48. The minimum atomic E-state index is -4.88. The number of aryl methyl sites for hydroxylation is 5. The summed E-state index contributed by atoms with van der Waals surface area (Å²) in [5, 5.41) is 51.0. The van der Waals surface area contributed by atoms with Gasteiger partial charge >= 0.3 is 0 Å². The molecule has 0 radical (unpaired) electrons. The summed E-state index contributed by atoms with van der Waals surface area (Å²) in [7, 11) is -18.1. The van der Waals surface area contributed by atoms with Crippen LogP contribution in [0.15, 0.2) is 172 Å². The normalized spacial score (nSPS) is 12.7. The van der Waals surface area contributed by atoms with Gasteiger partial charge in [-0.3, -0.25) is 18.2 Å². The van der Waals surface area contributed by atoms with Crippen LogP contribution in [0.3, 0.4) is 0 Å². The zero-order valence-corrected chi connectivity index (χ0v) is 48.1. The van der Waals surface area contributed by atoms with Crippen molar-refractivity contribution >= 4 is 119 Å². The lowest BCUT2D eigenvalue weighted by Crippen LogP contribution is -2.09. The van der Waals surface area contributed by atoms with E-state index in [9.17, 15) is 52.4 Å². The molecule has 0 aliphatic rings. The van der Waals surface area contributed by atoms with Gasteiger partial charge in [0, 0.05) is 34.3 Å². The molecule has 83 heavy (non-hydrogen) atoms. The van der Waals surface area contributed by atoms with Crippen LogP contribution in [0.25, 0.3) is 21.5 Å². The Morgan fingerprint density at radius 2 is 0.928 bits per heavy atom. The van der Waals surface area contributed by atoms with Crippen LogP contribution in [0, 0.1) is 34.6 Å². The summed E-state index contributed by atoms with van der Waals surface area (Å²) in [5.41, 5.74) is 6.65. The van der Waals surface area contributed by atoms with Gasteiger partial charge in [0.15, 0.2) is 5.75 Å². The van der Waals surface area contributed by atoms with Crippen LogP contribution in [-0.2, 0) is 40.5 Å². The van der Waals surface area contributed by atoms with Crippen LogP contribution in [0.1, 0.15) is 40.7 Å². The summed E-state index contributed by atoms with van der Waals surface area (Å²) >= 11 is 0. The fourth-order valence-electron chi connectivity index (χ4n) is 8.27. The first-order chi connectivity index (χ1) is 39.1. The van der Waals surface area contributed by atoms with Crippen molar-refractivity contribution in [2.75, 3.05) is 30.0 Å². The molecule has 0 aromatic heterocycles. The molecule has 24 nitrogen and oxygen atoms in total. The van der Waals surface area contributed by atoms with Crippen molar-refractivity contribution in [3.05, 3.63) is 149 Å². The third kappa shape index (κ3) is 16.0. The highest BCUT2D eigenvalue weighted by molar-refractivity contribution is 7.86. The Kier molecular flexibility index (Phi) is 18.2. The van der Waals surface area contributed by atoms with Crippen LogP contribution >= 0.6 is 0 Å². The van der Waals surface area contributed by atoms with Gasteiger partial charge in [-0.25, -0.2) is 0 Å². The lowest BCUT2D eigenvalue weighted by Gasteiger charge is -2.12. The number of nitrogens with zero attached hydrogens (tertiary/aromatic N) is 8. The summed E-state index contributed by atoms with van der Waals surface area (Å²) < 4.78 is 145. The first-order valence-corrected chi connectivity index (χ1v) is 31.0. The summed E-state index contributed by atoms with van der Waals surface area (Å²) in [4.78, 5) is -1.11. The largest absolute Gasteiger partial charge is 0.505 e. The number of para-hydroxylation sites is 1. The molecular weight excluding hydrogens is 1150 g/mol. The standard InChI is InChI=1S/C55H53N9O15S4/c1-32-22-47(33(2)21-45(32)59-60-46-23-35(4)48(24-34(46)3)62-64-54-53(83(75,76)77)28-38-26-40(15-16-43(38)55(54)65)56-39-11-7-6-8-12-39)61-63-50-25-36(5)49(31-52(50)79-18-10-20-81(69,70)71)58-57-41-14-13-37-27-42(82(72,73)74)30-51(44(37)29-41)78-17-9-19-80(66,67)68/h6-8,11-16,21-31,56,65H,9-10,17-20H2,1-5H3,(H,66,67,68)(H,69,70,71)(H,72,73,74)(H,75,76,77). The van der Waals surface area contributed by atoms with Crippen molar-refractivity contribution < 1.29 is 66.5 Å². The number of azo groups is 4. The van der Waals surface area contributed by atoms with Crippen molar-refractivity contribution in [1.29, 1.82) is 0 Å². The molecule has 8 aromatic carbocycles. The minimum absolute atomic E-state index is 0.0222. The molecule has 0 aliphatic carbocycles. The molecular formula is C55H53N9O15S4.